The fraction of sp³-hybridized carbons (Fsp3) is 0.429. The van der Waals surface area contributed by atoms with Crippen LogP contribution in [0.5, 0.6) is 5.75 Å². The molecular formula is C21H24FN3O2. The Bertz CT molecular complexity index is 834. The normalized spacial score (nSPS) is 19.0. The van der Waals surface area contributed by atoms with Gasteiger partial charge in [-0.05, 0) is 36.6 Å². The lowest BCUT2D eigenvalue weighted by atomic mass is 9.77. The average molecular weight is 369 g/mol. The van der Waals surface area contributed by atoms with Crippen molar-refractivity contribution in [3.8, 4) is 5.75 Å². The summed E-state index contributed by atoms with van der Waals surface area (Å²) in [5, 5.41) is 0. The number of ether oxygens (including phenoxy) is 1. The summed E-state index contributed by atoms with van der Waals surface area (Å²) in [7, 11) is 1.65. The molecule has 2 aliphatic rings. The minimum absolute atomic E-state index is 0.00988. The molecule has 4 rings (SSSR count). The van der Waals surface area contributed by atoms with E-state index in [4.69, 9.17) is 4.74 Å². The molecular weight excluding hydrogens is 345 g/mol. The first-order chi connectivity index (χ1) is 13.1. The molecule has 0 saturated carbocycles. The molecule has 2 aromatic rings. The number of likely N-dealkylation sites (tertiary alicyclic amines) is 1. The van der Waals surface area contributed by atoms with Crippen LogP contribution in [0.2, 0.25) is 0 Å². The van der Waals surface area contributed by atoms with Crippen molar-refractivity contribution in [2.75, 3.05) is 31.6 Å². The highest BCUT2D eigenvalue weighted by Crippen LogP contribution is 2.42. The van der Waals surface area contributed by atoms with E-state index < -0.39 is 0 Å². The third kappa shape index (κ3) is 3.61. The Kier molecular flexibility index (Phi) is 4.72. The van der Waals surface area contributed by atoms with Crippen molar-refractivity contribution in [2.45, 2.75) is 25.8 Å². The Balaban J connectivity index is 1.41. The summed E-state index contributed by atoms with van der Waals surface area (Å²) < 4.78 is 19.3. The number of methoxy groups -OCH3 is 1. The van der Waals surface area contributed by atoms with Crippen LogP contribution in [-0.2, 0) is 11.3 Å². The van der Waals surface area contributed by atoms with Gasteiger partial charge in [0.15, 0.2) is 5.82 Å². The molecule has 2 fully saturated rings. The second-order valence-corrected chi connectivity index (χ2v) is 7.59. The third-order valence-electron chi connectivity index (χ3n) is 5.83. The number of carbonyl (C=O) groups excluding carboxylic acids is 1. The lowest BCUT2D eigenvalue weighted by Crippen LogP contribution is -2.42. The van der Waals surface area contributed by atoms with Crippen LogP contribution in [0.15, 0.2) is 42.7 Å². The first-order valence-electron chi connectivity index (χ1n) is 9.34. The quantitative estimate of drug-likeness (QED) is 0.830. The molecule has 2 aliphatic heterocycles. The van der Waals surface area contributed by atoms with Crippen LogP contribution < -0.4 is 9.64 Å². The van der Waals surface area contributed by atoms with Crippen molar-refractivity contribution in [3.63, 3.8) is 0 Å². The van der Waals surface area contributed by atoms with Gasteiger partial charge in [-0.1, -0.05) is 12.1 Å². The molecule has 0 unspecified atom stereocenters. The number of halogens is 1. The number of anilines is 1. The van der Waals surface area contributed by atoms with Crippen molar-refractivity contribution >= 4 is 11.6 Å². The van der Waals surface area contributed by atoms with E-state index in [1.807, 2.05) is 29.2 Å². The topological polar surface area (TPSA) is 45.7 Å². The molecule has 1 amide bonds. The van der Waals surface area contributed by atoms with E-state index >= 15 is 0 Å². The number of pyridine rings is 1. The van der Waals surface area contributed by atoms with Gasteiger partial charge in [0.2, 0.25) is 5.91 Å². The molecule has 1 aromatic heterocycles. The zero-order valence-electron chi connectivity index (χ0n) is 15.5. The Morgan fingerprint density at radius 2 is 2.07 bits per heavy atom. The maximum Gasteiger partial charge on any atom is 0.223 e. The number of carbonyl (C=O) groups is 1. The number of amides is 1. The maximum atomic E-state index is 14.0. The van der Waals surface area contributed by atoms with Crippen molar-refractivity contribution in [3.05, 3.63) is 54.1 Å². The zero-order chi connectivity index (χ0) is 18.9. The maximum absolute atomic E-state index is 14.0. The summed E-state index contributed by atoms with van der Waals surface area (Å²) in [4.78, 5) is 20.5. The summed E-state index contributed by atoms with van der Waals surface area (Å²) in [5.74, 6) is 0.735. The molecule has 142 valence electrons. The van der Waals surface area contributed by atoms with Gasteiger partial charge in [0.05, 0.1) is 19.0 Å². The van der Waals surface area contributed by atoms with Gasteiger partial charge in [0.25, 0.3) is 0 Å². The average Bonchev–Trinajstić information content (AvgIpc) is 2.98. The fourth-order valence-electron chi connectivity index (χ4n) is 4.30. The molecule has 2 saturated heterocycles. The first-order valence-corrected chi connectivity index (χ1v) is 9.34. The second-order valence-electron chi connectivity index (χ2n) is 7.59. The van der Waals surface area contributed by atoms with Crippen molar-refractivity contribution in [1.29, 1.82) is 0 Å². The molecule has 0 N–H and O–H groups in total. The van der Waals surface area contributed by atoms with Gasteiger partial charge < -0.3 is 14.5 Å². The van der Waals surface area contributed by atoms with E-state index in [1.54, 1.807) is 19.4 Å². The number of nitrogens with zero attached hydrogens (tertiary/aromatic N) is 3. The largest absolute Gasteiger partial charge is 0.497 e. The Labute approximate surface area is 158 Å². The molecule has 0 aliphatic carbocycles. The third-order valence-corrected chi connectivity index (χ3v) is 5.83. The number of aromatic nitrogens is 1. The predicted octanol–water partition coefficient (Wildman–Crippen LogP) is 3.25. The minimum atomic E-state index is -0.282. The summed E-state index contributed by atoms with van der Waals surface area (Å²) >= 11 is 0. The van der Waals surface area contributed by atoms with Gasteiger partial charge in [-0.15, -0.1) is 0 Å². The molecule has 0 radical (unpaired) electrons. The van der Waals surface area contributed by atoms with Crippen LogP contribution in [0.1, 0.15) is 24.8 Å². The van der Waals surface area contributed by atoms with Gasteiger partial charge in [0.1, 0.15) is 5.75 Å². The van der Waals surface area contributed by atoms with Crippen LogP contribution in [0.3, 0.4) is 0 Å². The molecule has 27 heavy (non-hydrogen) atoms. The van der Waals surface area contributed by atoms with Crippen LogP contribution in [0.4, 0.5) is 10.1 Å². The Morgan fingerprint density at radius 1 is 1.26 bits per heavy atom. The molecule has 6 heteroatoms. The Morgan fingerprint density at radius 3 is 2.81 bits per heavy atom. The van der Waals surface area contributed by atoms with Crippen molar-refractivity contribution in [2.24, 2.45) is 5.41 Å². The van der Waals surface area contributed by atoms with Crippen LogP contribution in [-0.4, -0.2) is 42.5 Å². The lowest BCUT2D eigenvalue weighted by molar-refractivity contribution is -0.128. The summed E-state index contributed by atoms with van der Waals surface area (Å²) in [6, 6.07) is 9.59. The van der Waals surface area contributed by atoms with Gasteiger partial charge in [-0.25, -0.2) is 4.39 Å². The fourth-order valence-corrected chi connectivity index (χ4v) is 4.30. The number of benzene rings is 1. The smallest absolute Gasteiger partial charge is 0.223 e. The van der Waals surface area contributed by atoms with E-state index in [-0.39, 0.29) is 17.1 Å². The SMILES string of the molecule is COc1cccc(CN2CC3(CCN(c4ccncc4F)CC3)CC2=O)c1. The van der Waals surface area contributed by atoms with E-state index in [0.717, 1.165) is 43.8 Å². The van der Waals surface area contributed by atoms with Crippen molar-refractivity contribution < 1.29 is 13.9 Å². The van der Waals surface area contributed by atoms with Crippen LogP contribution >= 0.6 is 0 Å². The molecule has 1 spiro atoms. The molecule has 3 heterocycles. The van der Waals surface area contributed by atoms with E-state index in [9.17, 15) is 9.18 Å². The highest BCUT2D eigenvalue weighted by Gasteiger charge is 2.44. The van der Waals surface area contributed by atoms with E-state index in [1.165, 1.54) is 6.20 Å². The molecule has 0 atom stereocenters. The lowest BCUT2D eigenvalue weighted by Gasteiger charge is -2.40. The molecule has 5 nitrogen and oxygen atoms in total. The summed E-state index contributed by atoms with van der Waals surface area (Å²) in [6.45, 7) is 2.92. The monoisotopic (exact) mass is 369 g/mol. The highest BCUT2D eigenvalue weighted by molar-refractivity contribution is 5.79. The van der Waals surface area contributed by atoms with Gasteiger partial charge >= 0.3 is 0 Å². The number of hydrogen-bond acceptors (Lipinski definition) is 4. The van der Waals surface area contributed by atoms with Gasteiger partial charge in [-0.2, -0.15) is 0 Å². The minimum Gasteiger partial charge on any atom is -0.497 e. The van der Waals surface area contributed by atoms with Gasteiger partial charge in [0, 0.05) is 44.2 Å². The first kappa shape index (κ1) is 17.8. The summed E-state index contributed by atoms with van der Waals surface area (Å²) in [6.07, 6.45) is 5.26. The van der Waals surface area contributed by atoms with Gasteiger partial charge in [-0.3, -0.25) is 9.78 Å². The van der Waals surface area contributed by atoms with E-state index in [0.29, 0.717) is 18.7 Å². The zero-order valence-corrected chi connectivity index (χ0v) is 15.5. The Hall–Kier alpha value is -2.63. The van der Waals surface area contributed by atoms with Crippen LogP contribution in [0.25, 0.3) is 0 Å². The summed E-state index contributed by atoms with van der Waals surface area (Å²) in [5.41, 5.74) is 1.70. The number of hydrogen-bond donors (Lipinski definition) is 0. The predicted molar refractivity (Wildman–Crippen MR) is 101 cm³/mol. The molecule has 0 bridgehead atoms. The molecule has 1 aromatic carbocycles. The van der Waals surface area contributed by atoms with Crippen molar-refractivity contribution in [1.82, 2.24) is 9.88 Å². The standard InChI is InChI=1S/C21H24FN3O2/c1-27-17-4-2-3-16(11-17)14-25-15-21(12-20(25)26)6-9-24(10-7-21)19-5-8-23-13-18(19)22/h2-5,8,11,13H,6-7,9-10,12,14-15H2,1H3. The van der Waals surface area contributed by atoms with Crippen LogP contribution in [0, 0.1) is 11.2 Å². The number of rotatable bonds is 4. The second kappa shape index (κ2) is 7.18. The number of piperidine rings is 1. The van der Waals surface area contributed by atoms with E-state index in [2.05, 4.69) is 9.88 Å². The highest BCUT2D eigenvalue weighted by atomic mass is 19.1.